The zero-order valence-corrected chi connectivity index (χ0v) is 8.20. The fourth-order valence-corrected chi connectivity index (χ4v) is 1.34. The van der Waals surface area contributed by atoms with E-state index in [-0.39, 0.29) is 0 Å². The molecule has 0 aliphatic heterocycles. The predicted molar refractivity (Wildman–Crippen MR) is 54.7 cm³/mol. The number of ether oxygens (including phenoxy) is 1. The van der Waals surface area contributed by atoms with Gasteiger partial charge in [0.25, 0.3) is 0 Å². The van der Waals surface area contributed by atoms with E-state index in [1.165, 1.54) is 0 Å². The molecule has 74 valence electrons. The molecule has 0 atom stereocenters. The first-order valence-electron chi connectivity index (χ1n) is 4.52. The van der Waals surface area contributed by atoms with Crippen LogP contribution in [0, 0.1) is 0 Å². The van der Waals surface area contributed by atoms with Crippen LogP contribution in [0.3, 0.4) is 0 Å². The maximum atomic E-state index is 5.13. The van der Waals surface area contributed by atoms with Crippen molar-refractivity contribution in [1.29, 1.82) is 0 Å². The molecule has 1 aromatic heterocycles. The standard InChI is InChI=1S/C10H12N2O2/c1-3-11-10-8-6-7(13-2)4-5-9(8)14-12-10/h4-6H,3H2,1-2H3,(H,11,12). The predicted octanol–water partition coefficient (Wildman–Crippen LogP) is 2.27. The van der Waals surface area contributed by atoms with E-state index in [9.17, 15) is 0 Å². The molecule has 0 amide bonds. The lowest BCUT2D eigenvalue weighted by Gasteiger charge is -1.99. The molecule has 0 aliphatic rings. The molecule has 0 bridgehead atoms. The van der Waals surface area contributed by atoms with Gasteiger partial charge in [-0.15, -0.1) is 0 Å². The summed E-state index contributed by atoms with van der Waals surface area (Å²) >= 11 is 0. The number of hydrogen-bond donors (Lipinski definition) is 1. The smallest absolute Gasteiger partial charge is 0.177 e. The van der Waals surface area contributed by atoms with Gasteiger partial charge in [0.05, 0.1) is 12.5 Å². The van der Waals surface area contributed by atoms with Gasteiger partial charge in [0.15, 0.2) is 11.4 Å². The van der Waals surface area contributed by atoms with Gasteiger partial charge in [-0.2, -0.15) is 0 Å². The molecule has 0 saturated heterocycles. The highest BCUT2D eigenvalue weighted by atomic mass is 16.5. The topological polar surface area (TPSA) is 47.3 Å². The molecule has 4 nitrogen and oxygen atoms in total. The van der Waals surface area contributed by atoms with Crippen LogP contribution in [0.2, 0.25) is 0 Å². The van der Waals surface area contributed by atoms with Crippen LogP contribution in [0.15, 0.2) is 22.7 Å². The Morgan fingerprint density at radius 2 is 2.36 bits per heavy atom. The van der Waals surface area contributed by atoms with Crippen molar-refractivity contribution < 1.29 is 9.26 Å². The van der Waals surface area contributed by atoms with E-state index < -0.39 is 0 Å². The van der Waals surface area contributed by atoms with Crippen molar-refractivity contribution in [2.24, 2.45) is 0 Å². The summed E-state index contributed by atoms with van der Waals surface area (Å²) in [5, 5.41) is 7.99. The van der Waals surface area contributed by atoms with Crippen molar-refractivity contribution in [3.63, 3.8) is 0 Å². The Bertz CT molecular complexity index is 437. The van der Waals surface area contributed by atoms with E-state index >= 15 is 0 Å². The van der Waals surface area contributed by atoms with Gasteiger partial charge < -0.3 is 14.6 Å². The van der Waals surface area contributed by atoms with Crippen molar-refractivity contribution in [1.82, 2.24) is 5.16 Å². The Labute approximate surface area is 81.8 Å². The lowest BCUT2D eigenvalue weighted by atomic mass is 10.2. The summed E-state index contributed by atoms with van der Waals surface area (Å²) in [6.45, 7) is 2.83. The lowest BCUT2D eigenvalue weighted by molar-refractivity contribution is 0.415. The molecule has 0 unspecified atom stereocenters. The summed E-state index contributed by atoms with van der Waals surface area (Å²) in [6.07, 6.45) is 0. The van der Waals surface area contributed by atoms with Crippen molar-refractivity contribution in [2.45, 2.75) is 6.92 Å². The zero-order chi connectivity index (χ0) is 9.97. The van der Waals surface area contributed by atoms with Gasteiger partial charge in [0.2, 0.25) is 0 Å². The molecule has 0 aliphatic carbocycles. The number of methoxy groups -OCH3 is 1. The SMILES string of the molecule is CCNc1noc2ccc(OC)cc12. The molecule has 1 heterocycles. The Kier molecular flexibility index (Phi) is 2.26. The number of aromatic nitrogens is 1. The van der Waals surface area contributed by atoms with Crippen LogP contribution in [0.1, 0.15) is 6.92 Å². The molecule has 0 radical (unpaired) electrons. The Morgan fingerprint density at radius 1 is 1.50 bits per heavy atom. The molecule has 1 N–H and O–H groups in total. The maximum absolute atomic E-state index is 5.13. The third kappa shape index (κ3) is 1.39. The molecule has 0 fully saturated rings. The van der Waals surface area contributed by atoms with E-state index in [1.54, 1.807) is 7.11 Å². The van der Waals surface area contributed by atoms with Crippen LogP contribution < -0.4 is 10.1 Å². The van der Waals surface area contributed by atoms with Crippen molar-refractivity contribution in [3.8, 4) is 5.75 Å². The molecule has 4 heteroatoms. The summed E-state index contributed by atoms with van der Waals surface area (Å²) in [5.41, 5.74) is 0.766. The summed E-state index contributed by atoms with van der Waals surface area (Å²) in [7, 11) is 1.64. The number of hydrogen-bond acceptors (Lipinski definition) is 4. The second kappa shape index (κ2) is 3.57. The van der Waals surface area contributed by atoms with Crippen molar-refractivity contribution in [2.75, 3.05) is 19.0 Å². The van der Waals surface area contributed by atoms with Gasteiger partial charge in [-0.05, 0) is 25.1 Å². The molecular weight excluding hydrogens is 180 g/mol. The first-order valence-corrected chi connectivity index (χ1v) is 4.52. The number of benzene rings is 1. The first kappa shape index (κ1) is 8.87. The Morgan fingerprint density at radius 3 is 3.07 bits per heavy atom. The highest BCUT2D eigenvalue weighted by Gasteiger charge is 2.07. The van der Waals surface area contributed by atoms with Crippen LogP contribution in [0.25, 0.3) is 11.0 Å². The van der Waals surface area contributed by atoms with E-state index in [2.05, 4.69) is 10.5 Å². The van der Waals surface area contributed by atoms with Gasteiger partial charge >= 0.3 is 0 Å². The summed E-state index contributed by atoms with van der Waals surface area (Å²) in [4.78, 5) is 0. The second-order valence-corrected chi connectivity index (χ2v) is 2.92. The maximum Gasteiger partial charge on any atom is 0.177 e. The highest BCUT2D eigenvalue weighted by molar-refractivity contribution is 5.89. The third-order valence-electron chi connectivity index (χ3n) is 2.02. The summed E-state index contributed by atoms with van der Waals surface area (Å²) < 4.78 is 10.3. The van der Waals surface area contributed by atoms with E-state index in [1.807, 2.05) is 25.1 Å². The minimum absolute atomic E-state index is 0.765. The zero-order valence-electron chi connectivity index (χ0n) is 8.20. The van der Waals surface area contributed by atoms with Gasteiger partial charge in [-0.3, -0.25) is 0 Å². The summed E-state index contributed by atoms with van der Waals surface area (Å²) in [5.74, 6) is 1.57. The van der Waals surface area contributed by atoms with Gasteiger partial charge in [-0.1, -0.05) is 5.16 Å². The number of nitrogens with zero attached hydrogens (tertiary/aromatic N) is 1. The van der Waals surface area contributed by atoms with Gasteiger partial charge in [0, 0.05) is 6.54 Å². The van der Waals surface area contributed by atoms with Crippen LogP contribution in [-0.4, -0.2) is 18.8 Å². The minimum Gasteiger partial charge on any atom is -0.497 e. The van der Waals surface area contributed by atoms with Crippen LogP contribution >= 0.6 is 0 Å². The normalized spacial score (nSPS) is 10.4. The molecule has 0 spiro atoms. The number of fused-ring (bicyclic) bond motifs is 1. The second-order valence-electron chi connectivity index (χ2n) is 2.92. The van der Waals surface area contributed by atoms with Gasteiger partial charge in [-0.25, -0.2) is 0 Å². The van der Waals surface area contributed by atoms with Crippen LogP contribution in [-0.2, 0) is 0 Å². The molecular formula is C10H12N2O2. The fraction of sp³-hybridized carbons (Fsp3) is 0.300. The third-order valence-corrected chi connectivity index (χ3v) is 2.02. The average Bonchev–Trinajstić information content (AvgIpc) is 2.61. The lowest BCUT2D eigenvalue weighted by Crippen LogP contribution is -1.96. The molecule has 2 aromatic rings. The van der Waals surface area contributed by atoms with E-state index in [0.717, 1.165) is 29.1 Å². The summed E-state index contributed by atoms with van der Waals surface area (Å²) in [6, 6.07) is 5.61. The number of anilines is 1. The van der Waals surface area contributed by atoms with Gasteiger partial charge in [0.1, 0.15) is 5.75 Å². The van der Waals surface area contributed by atoms with Crippen LogP contribution in [0.5, 0.6) is 5.75 Å². The highest BCUT2D eigenvalue weighted by Crippen LogP contribution is 2.26. The average molecular weight is 192 g/mol. The first-order chi connectivity index (χ1) is 6.85. The fourth-order valence-electron chi connectivity index (χ4n) is 1.34. The van der Waals surface area contributed by atoms with Crippen LogP contribution in [0.4, 0.5) is 5.82 Å². The van der Waals surface area contributed by atoms with Crippen molar-refractivity contribution in [3.05, 3.63) is 18.2 Å². The number of rotatable bonds is 3. The minimum atomic E-state index is 0.765. The molecule has 0 saturated carbocycles. The van der Waals surface area contributed by atoms with Crippen molar-refractivity contribution >= 4 is 16.8 Å². The monoisotopic (exact) mass is 192 g/mol. The molecule has 14 heavy (non-hydrogen) atoms. The Hall–Kier alpha value is -1.71. The van der Waals surface area contributed by atoms with E-state index in [0.29, 0.717) is 0 Å². The quantitative estimate of drug-likeness (QED) is 0.810. The Balaban J connectivity index is 2.52. The molecule has 1 aromatic carbocycles. The van der Waals surface area contributed by atoms with E-state index in [4.69, 9.17) is 9.26 Å². The number of nitrogens with one attached hydrogen (secondary N) is 1. The molecule has 2 rings (SSSR count). The largest absolute Gasteiger partial charge is 0.497 e.